The third-order valence-electron chi connectivity index (χ3n) is 11.8. The number of unbranched alkanes of at least 4 members (excludes halogenated alkanes) is 28. The predicted molar refractivity (Wildman–Crippen MR) is 229 cm³/mol. The van der Waals surface area contributed by atoms with E-state index in [0.717, 1.165) is 25.7 Å². The second-order valence-electron chi connectivity index (χ2n) is 17.0. The van der Waals surface area contributed by atoms with E-state index in [0.29, 0.717) is 13.2 Å². The van der Waals surface area contributed by atoms with Crippen LogP contribution in [0.5, 0.6) is 0 Å². The Bertz CT molecular complexity index is 867. The third kappa shape index (κ3) is 26.1. The summed E-state index contributed by atoms with van der Waals surface area (Å²) >= 11 is 0. The fourth-order valence-corrected chi connectivity index (χ4v) is 7.76. The fraction of sp³-hybridized carbons (Fsp3) is 1.00. The van der Waals surface area contributed by atoms with Crippen LogP contribution in [0, 0.1) is 0 Å². The van der Waals surface area contributed by atoms with E-state index in [4.69, 9.17) is 24.1 Å². The van der Waals surface area contributed by atoms with E-state index in [1.807, 2.05) is 0 Å². The number of hydrogen-bond acceptors (Lipinski definition) is 12. The Hall–Kier alpha value is -0.480. The standard InChI is InChI=1S/C24H48O6.C22H44O6/c1-2-3-4-5-6-7-8-9-10-11-12-13-14-15-16-17-18-29-24-23(28)22(27)21(26)20(19-25)30-24;1-2-3-4-5-6-7-8-9-10-11-12-13-14-15-16-27-22-21(26)20(25)19(24)18(17-23)28-22/h20-28H,2-19H2,1H3;18-26H,2-17H2,1H3. The van der Waals surface area contributed by atoms with Crippen LogP contribution in [0.3, 0.4) is 0 Å². The van der Waals surface area contributed by atoms with Gasteiger partial charge in [0.05, 0.1) is 13.2 Å². The molecule has 0 aromatic heterocycles. The van der Waals surface area contributed by atoms with Crippen molar-refractivity contribution < 1.29 is 59.8 Å². The van der Waals surface area contributed by atoms with Crippen LogP contribution in [0.25, 0.3) is 0 Å². The number of ether oxygens (including phenoxy) is 4. The highest BCUT2D eigenvalue weighted by Crippen LogP contribution is 2.24. The molecule has 0 amide bonds. The number of hydrogen-bond donors (Lipinski definition) is 8. The van der Waals surface area contributed by atoms with E-state index in [-0.39, 0.29) is 0 Å². The average molecular weight is 837 g/mol. The maximum absolute atomic E-state index is 9.91. The maximum atomic E-state index is 9.91. The van der Waals surface area contributed by atoms with Gasteiger partial charge in [0.2, 0.25) is 0 Å². The highest BCUT2D eigenvalue weighted by Gasteiger charge is 2.45. The molecular weight excluding hydrogens is 744 g/mol. The van der Waals surface area contributed by atoms with E-state index in [1.54, 1.807) is 0 Å². The quantitative estimate of drug-likeness (QED) is 0.0293. The number of aliphatic hydroxyl groups excluding tert-OH is 8. The molecule has 0 saturated carbocycles. The lowest BCUT2D eigenvalue weighted by atomic mass is 9.99. The molecule has 2 aliphatic rings. The van der Waals surface area contributed by atoms with E-state index in [9.17, 15) is 35.7 Å². The summed E-state index contributed by atoms with van der Waals surface area (Å²) in [7, 11) is 0. The molecule has 2 fully saturated rings. The third-order valence-corrected chi connectivity index (χ3v) is 11.8. The zero-order chi connectivity index (χ0) is 42.6. The zero-order valence-electron chi connectivity index (χ0n) is 37.0. The van der Waals surface area contributed by atoms with E-state index in [2.05, 4.69) is 13.8 Å². The monoisotopic (exact) mass is 837 g/mol. The van der Waals surface area contributed by atoms with Gasteiger partial charge in [0, 0.05) is 13.2 Å². The molecular formula is C46H92O12. The maximum Gasteiger partial charge on any atom is 0.186 e. The molecule has 2 heterocycles. The first-order valence-electron chi connectivity index (χ1n) is 24.1. The smallest absolute Gasteiger partial charge is 0.186 e. The van der Waals surface area contributed by atoms with Gasteiger partial charge in [0.1, 0.15) is 48.8 Å². The molecule has 0 spiro atoms. The molecule has 8 N–H and O–H groups in total. The largest absolute Gasteiger partial charge is 0.394 e. The van der Waals surface area contributed by atoms with Gasteiger partial charge in [0.25, 0.3) is 0 Å². The molecule has 12 heteroatoms. The lowest BCUT2D eigenvalue weighted by molar-refractivity contribution is -0.301. The summed E-state index contributed by atoms with van der Waals surface area (Å²) in [5.41, 5.74) is 0. The van der Waals surface area contributed by atoms with Crippen LogP contribution in [0.1, 0.15) is 206 Å². The molecule has 58 heavy (non-hydrogen) atoms. The van der Waals surface area contributed by atoms with Crippen molar-refractivity contribution in [2.75, 3.05) is 26.4 Å². The van der Waals surface area contributed by atoms with Crippen LogP contribution in [-0.2, 0) is 18.9 Å². The van der Waals surface area contributed by atoms with Crippen LogP contribution < -0.4 is 0 Å². The Morgan fingerprint density at radius 3 is 0.759 bits per heavy atom. The molecule has 0 aromatic carbocycles. The van der Waals surface area contributed by atoms with Gasteiger partial charge in [-0.1, -0.05) is 194 Å². The minimum absolute atomic E-state index is 0.427. The van der Waals surface area contributed by atoms with Gasteiger partial charge >= 0.3 is 0 Å². The van der Waals surface area contributed by atoms with Gasteiger partial charge in [-0.25, -0.2) is 0 Å². The summed E-state index contributed by atoms with van der Waals surface area (Å²) in [5.74, 6) is 0. The van der Waals surface area contributed by atoms with Gasteiger partial charge in [-0.3, -0.25) is 0 Å². The molecule has 12 nitrogen and oxygen atoms in total. The van der Waals surface area contributed by atoms with Crippen molar-refractivity contribution in [3.8, 4) is 0 Å². The fourth-order valence-electron chi connectivity index (χ4n) is 7.76. The normalized spacial score (nSPS) is 27.4. The zero-order valence-corrected chi connectivity index (χ0v) is 37.0. The average Bonchev–Trinajstić information content (AvgIpc) is 3.23. The summed E-state index contributed by atoms with van der Waals surface area (Å²) < 4.78 is 21.7. The van der Waals surface area contributed by atoms with Gasteiger partial charge in [-0.2, -0.15) is 0 Å². The Labute approximate surface area is 353 Å². The van der Waals surface area contributed by atoms with Crippen molar-refractivity contribution in [1.29, 1.82) is 0 Å². The lowest BCUT2D eigenvalue weighted by Crippen LogP contribution is -2.59. The molecule has 0 bridgehead atoms. The highest BCUT2D eigenvalue weighted by atomic mass is 16.7. The summed E-state index contributed by atoms with van der Waals surface area (Å²) in [4.78, 5) is 0. The van der Waals surface area contributed by atoms with Crippen LogP contribution in [0.2, 0.25) is 0 Å². The van der Waals surface area contributed by atoms with Gasteiger partial charge < -0.3 is 59.8 Å². The molecule has 2 rings (SSSR count). The molecule has 0 aromatic rings. The van der Waals surface area contributed by atoms with Crippen molar-refractivity contribution in [3.05, 3.63) is 0 Å². The first kappa shape index (κ1) is 55.5. The summed E-state index contributed by atoms with van der Waals surface area (Å²) in [6.07, 6.45) is 27.1. The molecule has 0 radical (unpaired) electrons. The van der Waals surface area contributed by atoms with E-state index >= 15 is 0 Å². The Kier molecular flexibility index (Phi) is 36.6. The van der Waals surface area contributed by atoms with Gasteiger partial charge in [-0.15, -0.1) is 0 Å². The van der Waals surface area contributed by atoms with E-state index in [1.165, 1.54) is 167 Å². The van der Waals surface area contributed by atoms with Crippen molar-refractivity contribution >= 4 is 0 Å². The first-order valence-corrected chi connectivity index (χ1v) is 24.1. The first-order chi connectivity index (χ1) is 28.2. The van der Waals surface area contributed by atoms with Crippen molar-refractivity contribution in [3.63, 3.8) is 0 Å². The van der Waals surface area contributed by atoms with Gasteiger partial charge in [-0.05, 0) is 12.8 Å². The Morgan fingerprint density at radius 1 is 0.310 bits per heavy atom. The van der Waals surface area contributed by atoms with Crippen molar-refractivity contribution in [1.82, 2.24) is 0 Å². The second kappa shape index (κ2) is 38.2. The molecule has 2 saturated heterocycles. The molecule has 10 unspecified atom stereocenters. The molecule has 2 aliphatic heterocycles. The number of rotatable bonds is 36. The van der Waals surface area contributed by atoms with Crippen molar-refractivity contribution in [2.45, 2.75) is 268 Å². The SMILES string of the molecule is CCCCCCCCCCCCCCCCCCOC1OC(CO)C(O)C(O)C1O.CCCCCCCCCCCCCCCCOC1OC(CO)C(O)C(O)C1O. The highest BCUT2D eigenvalue weighted by molar-refractivity contribution is 4.89. The topological polar surface area (TPSA) is 199 Å². The van der Waals surface area contributed by atoms with Crippen LogP contribution in [-0.4, -0.2) is 129 Å². The Morgan fingerprint density at radius 2 is 0.534 bits per heavy atom. The van der Waals surface area contributed by atoms with Gasteiger partial charge in [0.15, 0.2) is 12.6 Å². The summed E-state index contributed by atoms with van der Waals surface area (Å²) in [5, 5.41) is 77.1. The summed E-state index contributed by atoms with van der Waals surface area (Å²) in [6, 6.07) is 0. The predicted octanol–water partition coefficient (Wildman–Crippen LogP) is 7.35. The minimum atomic E-state index is -1.37. The van der Waals surface area contributed by atoms with Crippen LogP contribution in [0.15, 0.2) is 0 Å². The molecule has 0 aliphatic carbocycles. The second-order valence-corrected chi connectivity index (χ2v) is 17.0. The number of aliphatic hydroxyl groups is 8. The Balaban J connectivity index is 0.000000581. The van der Waals surface area contributed by atoms with Crippen LogP contribution >= 0.6 is 0 Å². The summed E-state index contributed by atoms with van der Waals surface area (Å²) in [6.45, 7) is 4.53. The van der Waals surface area contributed by atoms with Crippen molar-refractivity contribution in [2.24, 2.45) is 0 Å². The van der Waals surface area contributed by atoms with Crippen LogP contribution in [0.4, 0.5) is 0 Å². The lowest BCUT2D eigenvalue weighted by Gasteiger charge is -2.39. The molecule has 348 valence electrons. The molecule has 10 atom stereocenters. The van der Waals surface area contributed by atoms with E-state index < -0.39 is 74.6 Å². The minimum Gasteiger partial charge on any atom is -0.394 e.